The van der Waals surface area contributed by atoms with E-state index < -0.39 is 6.17 Å². The zero-order chi connectivity index (χ0) is 25.2. The fourth-order valence-corrected chi connectivity index (χ4v) is 4.66. The second kappa shape index (κ2) is 9.94. The minimum Gasteiger partial charge on any atom is -0.403 e. The molecule has 2 aliphatic heterocycles. The molecule has 1 aromatic heterocycles. The van der Waals surface area contributed by atoms with Crippen LogP contribution in [0.4, 0.5) is 16.1 Å². The standard InChI is InChI=1S/C28H24FN5O3/c29-20-10-11-22(23(17-20)34-12-14-36-15-13-34)27-32-33-28(37-27)31-26-24(35)16-19-8-4-5-9-21(19)25(30-26)18-6-2-1-3-7-18/h1-11,17,26H,12-16H2,(H,31,33)/t26-/m1/s1. The number of hydrogen-bond acceptors (Lipinski definition) is 8. The van der Waals surface area contributed by atoms with Crippen molar-refractivity contribution in [1.29, 1.82) is 0 Å². The molecule has 0 aliphatic carbocycles. The zero-order valence-corrected chi connectivity index (χ0v) is 19.9. The number of aliphatic imine (C=N–C) groups is 1. The van der Waals surface area contributed by atoms with Gasteiger partial charge in [-0.2, -0.15) is 0 Å². The van der Waals surface area contributed by atoms with E-state index in [0.717, 1.165) is 16.7 Å². The molecule has 0 bridgehead atoms. The van der Waals surface area contributed by atoms with Crippen LogP contribution in [0.1, 0.15) is 16.7 Å². The summed E-state index contributed by atoms with van der Waals surface area (Å²) in [5.41, 5.74) is 4.71. The van der Waals surface area contributed by atoms with Gasteiger partial charge in [0.25, 0.3) is 5.89 Å². The van der Waals surface area contributed by atoms with Crippen LogP contribution in [0.2, 0.25) is 0 Å². The van der Waals surface area contributed by atoms with Gasteiger partial charge in [-0.25, -0.2) is 4.39 Å². The molecule has 0 amide bonds. The average Bonchev–Trinajstić information content (AvgIpc) is 3.35. The number of rotatable bonds is 5. The van der Waals surface area contributed by atoms with E-state index in [-0.39, 0.29) is 29.9 Å². The molecule has 1 atom stereocenters. The lowest BCUT2D eigenvalue weighted by atomic mass is 9.96. The Labute approximate surface area is 212 Å². The summed E-state index contributed by atoms with van der Waals surface area (Å²) in [7, 11) is 0. The Morgan fingerprint density at radius 1 is 0.919 bits per heavy atom. The number of carbonyl (C=O) groups is 1. The van der Waals surface area contributed by atoms with Gasteiger partial charge in [-0.3, -0.25) is 9.79 Å². The van der Waals surface area contributed by atoms with Gasteiger partial charge in [-0.05, 0) is 23.8 Å². The van der Waals surface area contributed by atoms with Crippen molar-refractivity contribution in [2.45, 2.75) is 12.6 Å². The van der Waals surface area contributed by atoms with E-state index in [4.69, 9.17) is 14.1 Å². The number of aromatic nitrogens is 2. The predicted molar refractivity (Wildman–Crippen MR) is 137 cm³/mol. The largest absolute Gasteiger partial charge is 0.403 e. The zero-order valence-electron chi connectivity index (χ0n) is 19.9. The summed E-state index contributed by atoms with van der Waals surface area (Å²) in [6, 6.07) is 22.0. The van der Waals surface area contributed by atoms with E-state index in [0.29, 0.717) is 43.3 Å². The van der Waals surface area contributed by atoms with Gasteiger partial charge in [0.2, 0.25) is 0 Å². The van der Waals surface area contributed by atoms with Crippen molar-refractivity contribution in [3.05, 3.63) is 95.3 Å². The Balaban J connectivity index is 1.32. The molecule has 2 aliphatic rings. The van der Waals surface area contributed by atoms with Gasteiger partial charge < -0.3 is 19.4 Å². The lowest BCUT2D eigenvalue weighted by molar-refractivity contribution is -0.119. The molecule has 0 spiro atoms. The maximum atomic E-state index is 14.1. The maximum Gasteiger partial charge on any atom is 0.317 e. The van der Waals surface area contributed by atoms with Crippen LogP contribution in [-0.4, -0.2) is 54.2 Å². The van der Waals surface area contributed by atoms with Crippen molar-refractivity contribution in [2.24, 2.45) is 4.99 Å². The topological polar surface area (TPSA) is 92.9 Å². The lowest BCUT2D eigenvalue weighted by Crippen LogP contribution is -2.36. The molecule has 9 heteroatoms. The van der Waals surface area contributed by atoms with Gasteiger partial charge in [-0.1, -0.05) is 59.7 Å². The van der Waals surface area contributed by atoms with E-state index in [9.17, 15) is 9.18 Å². The van der Waals surface area contributed by atoms with E-state index in [1.807, 2.05) is 59.5 Å². The highest BCUT2D eigenvalue weighted by atomic mass is 19.1. The second-order valence-electron chi connectivity index (χ2n) is 8.86. The normalized spacial score (nSPS) is 17.6. The number of anilines is 2. The first-order chi connectivity index (χ1) is 18.2. The Kier molecular flexibility index (Phi) is 6.20. The number of halogens is 1. The van der Waals surface area contributed by atoms with Gasteiger partial charge in [0.05, 0.1) is 30.2 Å². The SMILES string of the molecule is O=C1Cc2ccccc2C(c2ccccc2)=N[C@@H]1Nc1nnc(-c2ccc(F)cc2N2CCOCC2)o1. The fraction of sp³-hybridized carbons (Fsp3) is 0.214. The summed E-state index contributed by atoms with van der Waals surface area (Å²) in [6.07, 6.45) is -0.698. The monoisotopic (exact) mass is 497 g/mol. The second-order valence-corrected chi connectivity index (χ2v) is 8.86. The summed E-state index contributed by atoms with van der Waals surface area (Å²) in [4.78, 5) is 20.0. The van der Waals surface area contributed by atoms with Gasteiger partial charge in [0.15, 0.2) is 11.9 Å². The first-order valence-corrected chi connectivity index (χ1v) is 12.1. The smallest absolute Gasteiger partial charge is 0.317 e. The van der Waals surface area contributed by atoms with Gasteiger partial charge in [0, 0.05) is 30.6 Å². The van der Waals surface area contributed by atoms with Crippen LogP contribution in [0.15, 0.2) is 82.2 Å². The Bertz CT molecular complexity index is 1460. The van der Waals surface area contributed by atoms with Crippen molar-refractivity contribution in [2.75, 3.05) is 36.5 Å². The quantitative estimate of drug-likeness (QED) is 0.444. The highest BCUT2D eigenvalue weighted by Crippen LogP contribution is 2.32. The number of ether oxygens (including phenoxy) is 1. The van der Waals surface area contributed by atoms with E-state index >= 15 is 0 Å². The van der Waals surface area contributed by atoms with Crippen molar-refractivity contribution >= 4 is 23.2 Å². The number of hydrogen-bond donors (Lipinski definition) is 1. The van der Waals surface area contributed by atoms with Crippen molar-refractivity contribution < 1.29 is 18.3 Å². The van der Waals surface area contributed by atoms with Crippen LogP contribution in [0.3, 0.4) is 0 Å². The first kappa shape index (κ1) is 23.1. The third kappa shape index (κ3) is 4.73. The third-order valence-electron chi connectivity index (χ3n) is 6.47. The highest BCUT2D eigenvalue weighted by Gasteiger charge is 2.28. The van der Waals surface area contributed by atoms with E-state index in [2.05, 4.69) is 15.5 Å². The van der Waals surface area contributed by atoms with E-state index in [1.165, 1.54) is 12.1 Å². The third-order valence-corrected chi connectivity index (χ3v) is 6.47. The summed E-state index contributed by atoms with van der Waals surface area (Å²) >= 11 is 0. The van der Waals surface area contributed by atoms with Crippen molar-refractivity contribution in [1.82, 2.24) is 10.2 Å². The Morgan fingerprint density at radius 3 is 2.54 bits per heavy atom. The molecule has 3 aromatic carbocycles. The number of Topliss-reactive ketones (excluding diaryl/α,β-unsaturated/α-hetero) is 1. The number of nitrogens with one attached hydrogen (secondary N) is 1. The van der Waals surface area contributed by atoms with Crippen LogP contribution in [0.25, 0.3) is 11.5 Å². The number of fused-ring (bicyclic) bond motifs is 1. The molecule has 0 saturated carbocycles. The summed E-state index contributed by atoms with van der Waals surface area (Å²) < 4.78 is 25.5. The summed E-state index contributed by atoms with van der Waals surface area (Å²) in [5, 5.41) is 11.3. The number of ketones is 1. The molecule has 6 rings (SSSR count). The molecule has 37 heavy (non-hydrogen) atoms. The maximum absolute atomic E-state index is 14.1. The molecule has 1 fully saturated rings. The predicted octanol–water partition coefficient (Wildman–Crippen LogP) is 4.11. The lowest BCUT2D eigenvalue weighted by Gasteiger charge is -2.30. The van der Waals surface area contributed by atoms with Gasteiger partial charge >= 0.3 is 6.01 Å². The molecule has 4 aromatic rings. The van der Waals surface area contributed by atoms with Crippen molar-refractivity contribution in [3.8, 4) is 11.5 Å². The summed E-state index contributed by atoms with van der Waals surface area (Å²) in [5.74, 6) is -0.246. The van der Waals surface area contributed by atoms with E-state index in [1.54, 1.807) is 6.07 Å². The van der Waals surface area contributed by atoms with Crippen LogP contribution in [0.5, 0.6) is 0 Å². The number of carbonyl (C=O) groups excluding carboxylic acids is 1. The molecule has 3 heterocycles. The molecule has 1 saturated heterocycles. The van der Waals surface area contributed by atoms with Crippen LogP contribution in [0, 0.1) is 5.82 Å². The molecule has 1 N–H and O–H groups in total. The van der Waals surface area contributed by atoms with Crippen LogP contribution < -0.4 is 10.2 Å². The molecular weight excluding hydrogens is 473 g/mol. The molecule has 0 unspecified atom stereocenters. The first-order valence-electron chi connectivity index (χ1n) is 12.1. The highest BCUT2D eigenvalue weighted by molar-refractivity contribution is 6.16. The molecule has 8 nitrogen and oxygen atoms in total. The molecule has 186 valence electrons. The average molecular weight is 498 g/mol. The minimum absolute atomic E-state index is 0.0627. The molecular formula is C28H24FN5O3. The minimum atomic E-state index is -0.914. The number of morpholine rings is 1. The summed E-state index contributed by atoms with van der Waals surface area (Å²) in [6.45, 7) is 2.37. The van der Waals surface area contributed by atoms with Gasteiger partial charge in [0.1, 0.15) is 5.82 Å². The Morgan fingerprint density at radius 2 is 1.70 bits per heavy atom. The van der Waals surface area contributed by atoms with Crippen LogP contribution in [-0.2, 0) is 16.0 Å². The fourth-order valence-electron chi connectivity index (χ4n) is 4.66. The van der Waals surface area contributed by atoms with Gasteiger partial charge in [-0.15, -0.1) is 5.10 Å². The Hall–Kier alpha value is -4.37. The van der Waals surface area contributed by atoms with Crippen LogP contribution >= 0.6 is 0 Å². The number of benzene rings is 3. The van der Waals surface area contributed by atoms with Crippen molar-refractivity contribution in [3.63, 3.8) is 0 Å². The number of nitrogens with zero attached hydrogens (tertiary/aromatic N) is 4. The molecule has 0 radical (unpaired) electrons.